The molecule has 21 heavy (non-hydrogen) atoms. The number of hydrogen-bond donors (Lipinski definition) is 3. The first-order chi connectivity index (χ1) is 9.85. The molecule has 0 amide bonds. The SMILES string of the molecule is CC1OCCC1CNS(=O)(=O)c1cc([N+](=O)[O-])c(NN)s1. The summed E-state index contributed by atoms with van der Waals surface area (Å²) < 4.78 is 32.0. The summed E-state index contributed by atoms with van der Waals surface area (Å²) in [4.78, 5) is 10.1. The Labute approximate surface area is 125 Å². The third-order valence-corrected chi connectivity index (χ3v) is 6.30. The number of nitrogen functional groups attached to an aromatic ring is 1. The molecule has 1 aliphatic heterocycles. The molecule has 0 aliphatic carbocycles. The number of rotatable bonds is 6. The van der Waals surface area contributed by atoms with Crippen LogP contribution in [0.3, 0.4) is 0 Å². The van der Waals surface area contributed by atoms with E-state index in [2.05, 4.69) is 10.1 Å². The van der Waals surface area contributed by atoms with Crippen molar-refractivity contribution >= 4 is 32.0 Å². The van der Waals surface area contributed by atoms with Gasteiger partial charge in [0.15, 0.2) is 5.00 Å². The van der Waals surface area contributed by atoms with Crippen molar-refractivity contribution in [1.82, 2.24) is 4.72 Å². The molecule has 2 unspecified atom stereocenters. The summed E-state index contributed by atoms with van der Waals surface area (Å²) >= 11 is 0.719. The summed E-state index contributed by atoms with van der Waals surface area (Å²) in [7, 11) is -3.80. The number of ether oxygens (including phenoxy) is 1. The van der Waals surface area contributed by atoms with Gasteiger partial charge in [-0.2, -0.15) is 0 Å². The molecule has 0 aromatic carbocycles. The molecule has 0 saturated carbocycles. The lowest BCUT2D eigenvalue weighted by atomic mass is 10.0. The number of nitrogens with zero attached hydrogens (tertiary/aromatic N) is 1. The molecule has 1 aliphatic rings. The smallest absolute Gasteiger partial charge is 0.306 e. The predicted octanol–water partition coefficient (Wildman–Crippen LogP) is 0.645. The van der Waals surface area contributed by atoms with Crippen LogP contribution >= 0.6 is 11.3 Å². The number of hydrogen-bond acceptors (Lipinski definition) is 8. The van der Waals surface area contributed by atoms with Gasteiger partial charge in [-0.15, -0.1) is 0 Å². The summed E-state index contributed by atoms with van der Waals surface area (Å²) in [6.07, 6.45) is 0.774. The van der Waals surface area contributed by atoms with Crippen molar-refractivity contribution in [2.24, 2.45) is 11.8 Å². The fourth-order valence-electron chi connectivity index (χ4n) is 2.06. The zero-order valence-electron chi connectivity index (χ0n) is 11.2. The largest absolute Gasteiger partial charge is 0.378 e. The molecule has 1 aromatic rings. The van der Waals surface area contributed by atoms with E-state index in [4.69, 9.17) is 10.6 Å². The summed E-state index contributed by atoms with van der Waals surface area (Å²) in [5, 5.41) is 10.8. The Morgan fingerprint density at radius 3 is 2.81 bits per heavy atom. The van der Waals surface area contributed by atoms with E-state index in [-0.39, 0.29) is 33.5 Å². The second kappa shape index (κ2) is 6.23. The lowest BCUT2D eigenvalue weighted by molar-refractivity contribution is -0.383. The van der Waals surface area contributed by atoms with Crippen LogP contribution in [-0.4, -0.2) is 32.6 Å². The topological polar surface area (TPSA) is 137 Å². The molecule has 2 rings (SSSR count). The second-order valence-corrected chi connectivity index (χ2v) is 7.70. The minimum absolute atomic E-state index is 0.00190. The molecular formula is C10H16N4O5S2. The van der Waals surface area contributed by atoms with Crippen LogP contribution in [0, 0.1) is 16.0 Å². The van der Waals surface area contributed by atoms with Crippen LogP contribution in [0.25, 0.3) is 0 Å². The van der Waals surface area contributed by atoms with Gasteiger partial charge in [-0.05, 0) is 13.3 Å². The van der Waals surface area contributed by atoms with E-state index in [9.17, 15) is 18.5 Å². The first-order valence-corrected chi connectivity index (χ1v) is 8.51. The van der Waals surface area contributed by atoms with Crippen molar-refractivity contribution in [3.63, 3.8) is 0 Å². The molecule has 9 nitrogen and oxygen atoms in total. The Kier molecular flexibility index (Phi) is 4.78. The minimum Gasteiger partial charge on any atom is -0.378 e. The summed E-state index contributed by atoms with van der Waals surface area (Å²) in [6, 6.07) is 0.997. The van der Waals surface area contributed by atoms with Crippen molar-refractivity contribution in [3.8, 4) is 0 Å². The van der Waals surface area contributed by atoms with Crippen LogP contribution in [0.1, 0.15) is 13.3 Å². The van der Waals surface area contributed by atoms with Crippen molar-refractivity contribution in [2.75, 3.05) is 18.6 Å². The molecule has 4 N–H and O–H groups in total. The Balaban J connectivity index is 2.14. The van der Waals surface area contributed by atoms with Gasteiger partial charge in [-0.3, -0.25) is 10.1 Å². The molecule has 1 aromatic heterocycles. The number of thiophene rings is 1. The van der Waals surface area contributed by atoms with Gasteiger partial charge >= 0.3 is 5.69 Å². The van der Waals surface area contributed by atoms with Gasteiger partial charge in [0, 0.05) is 25.1 Å². The molecule has 2 heterocycles. The first-order valence-electron chi connectivity index (χ1n) is 6.21. The molecule has 118 valence electrons. The van der Waals surface area contributed by atoms with Crippen molar-refractivity contribution < 1.29 is 18.1 Å². The van der Waals surface area contributed by atoms with Crippen LogP contribution in [0.2, 0.25) is 0 Å². The van der Waals surface area contributed by atoms with E-state index in [1.54, 1.807) is 0 Å². The molecule has 0 spiro atoms. The highest BCUT2D eigenvalue weighted by molar-refractivity contribution is 7.91. The van der Waals surface area contributed by atoms with E-state index in [0.717, 1.165) is 23.8 Å². The van der Waals surface area contributed by atoms with E-state index in [1.807, 2.05) is 6.92 Å². The Morgan fingerprint density at radius 2 is 2.33 bits per heavy atom. The van der Waals surface area contributed by atoms with Gasteiger partial charge in [0.1, 0.15) is 4.21 Å². The summed E-state index contributed by atoms with van der Waals surface area (Å²) in [5.74, 6) is 5.26. The van der Waals surface area contributed by atoms with Gasteiger partial charge < -0.3 is 10.2 Å². The normalized spacial score (nSPS) is 22.4. The maximum absolute atomic E-state index is 12.2. The molecule has 11 heteroatoms. The molecule has 0 bridgehead atoms. The monoisotopic (exact) mass is 336 g/mol. The number of sulfonamides is 1. The van der Waals surface area contributed by atoms with Crippen molar-refractivity contribution in [1.29, 1.82) is 0 Å². The molecule has 0 radical (unpaired) electrons. The number of nitrogens with two attached hydrogens (primary N) is 1. The standard InChI is InChI=1S/C10H16N4O5S2/c1-6-7(2-3-19-6)5-12-21(17,18)9-4-8(14(15)16)10(13-11)20-9/h4,6-7,12-13H,2-3,5,11H2,1H3. The van der Waals surface area contributed by atoms with E-state index < -0.39 is 14.9 Å². The lowest BCUT2D eigenvalue weighted by Gasteiger charge is -2.14. The van der Waals surface area contributed by atoms with Gasteiger partial charge in [0.25, 0.3) is 0 Å². The third kappa shape index (κ3) is 3.49. The number of nitrogens with one attached hydrogen (secondary N) is 2. The third-order valence-electron chi connectivity index (χ3n) is 3.35. The maximum atomic E-state index is 12.2. The van der Waals surface area contributed by atoms with Crippen LogP contribution in [0.4, 0.5) is 10.7 Å². The van der Waals surface area contributed by atoms with Crippen LogP contribution in [0.5, 0.6) is 0 Å². The predicted molar refractivity (Wildman–Crippen MR) is 77.5 cm³/mol. The molecular weight excluding hydrogens is 320 g/mol. The van der Waals surface area contributed by atoms with Gasteiger partial charge in [-0.1, -0.05) is 11.3 Å². The zero-order chi connectivity index (χ0) is 15.6. The average Bonchev–Trinajstić information content (AvgIpc) is 3.02. The highest BCUT2D eigenvalue weighted by Crippen LogP contribution is 2.36. The van der Waals surface area contributed by atoms with Crippen molar-refractivity contribution in [3.05, 3.63) is 16.2 Å². The molecule has 1 saturated heterocycles. The van der Waals surface area contributed by atoms with Crippen LogP contribution < -0.4 is 16.0 Å². The minimum atomic E-state index is -3.80. The first kappa shape index (κ1) is 16.1. The summed E-state index contributed by atoms with van der Waals surface area (Å²) in [6.45, 7) is 2.73. The van der Waals surface area contributed by atoms with Crippen molar-refractivity contribution in [2.45, 2.75) is 23.7 Å². The highest BCUT2D eigenvalue weighted by atomic mass is 32.2. The maximum Gasteiger partial charge on any atom is 0.306 e. The quantitative estimate of drug-likeness (QED) is 0.394. The van der Waals surface area contributed by atoms with E-state index in [0.29, 0.717) is 6.61 Å². The van der Waals surface area contributed by atoms with Crippen LogP contribution in [-0.2, 0) is 14.8 Å². The number of anilines is 1. The lowest BCUT2D eigenvalue weighted by Crippen LogP contribution is -2.31. The fraction of sp³-hybridized carbons (Fsp3) is 0.600. The number of hydrazine groups is 1. The second-order valence-electron chi connectivity index (χ2n) is 4.66. The Morgan fingerprint density at radius 1 is 1.62 bits per heavy atom. The number of nitro groups is 1. The average molecular weight is 336 g/mol. The Bertz CT molecular complexity index is 629. The zero-order valence-corrected chi connectivity index (χ0v) is 12.9. The van der Waals surface area contributed by atoms with E-state index in [1.165, 1.54) is 0 Å². The highest BCUT2D eigenvalue weighted by Gasteiger charge is 2.29. The molecule has 1 fully saturated rings. The van der Waals surface area contributed by atoms with Gasteiger partial charge in [0.05, 0.1) is 11.0 Å². The summed E-state index contributed by atoms with van der Waals surface area (Å²) in [5.41, 5.74) is 1.78. The Hall–Kier alpha value is -1.27. The fourth-order valence-corrected chi connectivity index (χ4v) is 4.44. The van der Waals surface area contributed by atoms with Crippen LogP contribution in [0.15, 0.2) is 10.3 Å². The van der Waals surface area contributed by atoms with Gasteiger partial charge in [-0.25, -0.2) is 19.0 Å². The van der Waals surface area contributed by atoms with E-state index >= 15 is 0 Å². The molecule has 2 atom stereocenters. The van der Waals surface area contributed by atoms with Gasteiger partial charge in [0.2, 0.25) is 10.0 Å².